The zero-order valence-corrected chi connectivity index (χ0v) is 14.6. The molecule has 1 heterocycles. The Morgan fingerprint density at radius 3 is 2.83 bits per heavy atom. The van der Waals surface area contributed by atoms with E-state index in [1.807, 2.05) is 42.5 Å². The second kappa shape index (κ2) is 7.47. The van der Waals surface area contributed by atoms with Crippen molar-refractivity contribution in [2.45, 2.75) is 23.1 Å². The first-order valence-electron chi connectivity index (χ1n) is 7.34. The van der Waals surface area contributed by atoms with Gasteiger partial charge >= 0.3 is 5.97 Å². The summed E-state index contributed by atoms with van der Waals surface area (Å²) in [5, 5.41) is 8.78. The Morgan fingerprint density at radius 1 is 1.29 bits per heavy atom. The molecule has 120 valence electrons. The number of carbonyl (C=O) groups excluding carboxylic acids is 1. The minimum Gasteiger partial charge on any atom is -0.444 e. The van der Waals surface area contributed by atoms with Crippen LogP contribution >= 0.6 is 23.1 Å². The molecule has 2 aromatic carbocycles. The van der Waals surface area contributed by atoms with E-state index in [-0.39, 0.29) is 0 Å². The number of rotatable bonds is 5. The molecule has 3 rings (SSSR count). The van der Waals surface area contributed by atoms with Crippen LogP contribution < -0.4 is 0 Å². The lowest BCUT2D eigenvalue weighted by Gasteiger charge is -2.09. The van der Waals surface area contributed by atoms with Crippen molar-refractivity contribution >= 4 is 39.3 Å². The highest BCUT2D eigenvalue weighted by atomic mass is 32.2. The molecular weight excluding hydrogens is 340 g/mol. The summed E-state index contributed by atoms with van der Waals surface area (Å²) in [4.78, 5) is 16.8. The van der Waals surface area contributed by atoms with Gasteiger partial charge in [-0.05, 0) is 30.7 Å². The first-order valence-corrected chi connectivity index (χ1v) is 9.14. The van der Waals surface area contributed by atoms with Crippen molar-refractivity contribution in [3.8, 4) is 6.07 Å². The topological polar surface area (TPSA) is 63.0 Å². The normalized spacial score (nSPS) is 11.8. The van der Waals surface area contributed by atoms with Crippen molar-refractivity contribution < 1.29 is 9.53 Å². The van der Waals surface area contributed by atoms with Gasteiger partial charge in [0.05, 0.1) is 15.8 Å². The van der Waals surface area contributed by atoms with Crippen molar-refractivity contribution in [2.75, 3.05) is 0 Å². The highest BCUT2D eigenvalue weighted by Gasteiger charge is 2.15. The van der Waals surface area contributed by atoms with Crippen molar-refractivity contribution in [1.82, 2.24) is 4.98 Å². The molecule has 0 aliphatic heterocycles. The molecule has 0 aliphatic rings. The number of aromatic nitrogens is 1. The molecule has 24 heavy (non-hydrogen) atoms. The number of carbonyl (C=O) groups is 1. The lowest BCUT2D eigenvalue weighted by Crippen LogP contribution is -2.14. The Bertz CT molecular complexity index is 882. The Balaban J connectivity index is 1.75. The minimum absolute atomic E-state index is 0.468. The highest BCUT2D eigenvalue weighted by molar-refractivity contribution is 8.00. The summed E-state index contributed by atoms with van der Waals surface area (Å²) in [6.45, 7) is 1.55. The van der Waals surface area contributed by atoms with Crippen molar-refractivity contribution in [2.24, 2.45) is 0 Å². The quantitative estimate of drug-likeness (QED) is 0.493. The summed E-state index contributed by atoms with van der Waals surface area (Å²) in [6, 6.07) is 17.2. The fourth-order valence-corrected chi connectivity index (χ4v) is 4.22. The van der Waals surface area contributed by atoms with Crippen LogP contribution in [0, 0.1) is 11.3 Å². The molecular formula is C18H14N2O2S2. The number of benzene rings is 2. The van der Waals surface area contributed by atoms with Crippen LogP contribution in [-0.2, 0) is 10.5 Å². The average Bonchev–Trinajstić information content (AvgIpc) is 3.03. The van der Waals surface area contributed by atoms with E-state index in [9.17, 15) is 4.79 Å². The van der Waals surface area contributed by atoms with Crippen LogP contribution in [0.4, 0.5) is 0 Å². The number of hydrogen-bond donors (Lipinski definition) is 0. The first kappa shape index (κ1) is 16.5. The van der Waals surface area contributed by atoms with Crippen molar-refractivity contribution in [3.63, 3.8) is 0 Å². The number of fused-ring (bicyclic) bond motifs is 1. The third kappa shape index (κ3) is 3.75. The third-order valence-corrected chi connectivity index (χ3v) is 5.56. The van der Waals surface area contributed by atoms with Gasteiger partial charge in [-0.1, -0.05) is 42.1 Å². The molecule has 0 spiro atoms. The lowest BCUT2D eigenvalue weighted by atomic mass is 10.1. The maximum atomic E-state index is 12.2. The summed E-state index contributed by atoms with van der Waals surface area (Å²) >= 11 is 3.23. The summed E-state index contributed by atoms with van der Waals surface area (Å²) in [6.07, 6.45) is -0.762. The minimum atomic E-state index is -0.762. The van der Waals surface area contributed by atoms with Crippen molar-refractivity contribution in [3.05, 3.63) is 59.7 Å². The van der Waals surface area contributed by atoms with E-state index in [0.29, 0.717) is 11.3 Å². The van der Waals surface area contributed by atoms with Crippen LogP contribution in [0.2, 0.25) is 0 Å². The van der Waals surface area contributed by atoms with Crippen molar-refractivity contribution in [1.29, 1.82) is 5.26 Å². The fraction of sp³-hybridized carbons (Fsp3) is 0.167. The molecule has 0 unspecified atom stereocenters. The molecule has 1 atom stereocenters. The lowest BCUT2D eigenvalue weighted by molar-refractivity contribution is 0.0434. The summed E-state index contributed by atoms with van der Waals surface area (Å²) in [5.41, 5.74) is 2.35. The standard InChI is InChI=1S/C18H14N2O2S2/c1-12(10-19)22-17(21)14-7-3-2-6-13(14)11-23-18-20-15-8-4-5-9-16(15)24-18/h2-9,12H,11H2,1H3/t12-/m0/s1. The van der Waals surface area contributed by atoms with E-state index >= 15 is 0 Å². The Labute approximate surface area is 148 Å². The largest absolute Gasteiger partial charge is 0.444 e. The third-order valence-electron chi connectivity index (χ3n) is 3.33. The summed E-state index contributed by atoms with van der Waals surface area (Å²) in [5.74, 6) is 0.149. The van der Waals surface area contributed by atoms with Gasteiger partial charge in [0.15, 0.2) is 10.4 Å². The molecule has 0 fully saturated rings. The molecule has 0 radical (unpaired) electrons. The second-order valence-corrected chi connectivity index (χ2v) is 7.32. The Hall–Kier alpha value is -2.36. The van der Waals surface area contributed by atoms with Gasteiger partial charge in [-0.15, -0.1) is 11.3 Å². The van der Waals surface area contributed by atoms with E-state index < -0.39 is 12.1 Å². The van der Waals surface area contributed by atoms with Gasteiger partial charge in [-0.3, -0.25) is 0 Å². The van der Waals surface area contributed by atoms with Crippen LogP contribution in [0.25, 0.3) is 10.2 Å². The zero-order chi connectivity index (χ0) is 16.9. The van der Waals surface area contributed by atoms with Crippen LogP contribution in [0.1, 0.15) is 22.8 Å². The van der Waals surface area contributed by atoms with Gasteiger partial charge < -0.3 is 4.74 Å². The molecule has 4 nitrogen and oxygen atoms in total. The number of nitriles is 1. The predicted octanol–water partition coefficient (Wildman–Crippen LogP) is 4.66. The predicted molar refractivity (Wildman–Crippen MR) is 96.1 cm³/mol. The van der Waals surface area contributed by atoms with Gasteiger partial charge in [0.1, 0.15) is 6.07 Å². The van der Waals surface area contributed by atoms with E-state index in [0.717, 1.165) is 20.1 Å². The molecule has 0 N–H and O–H groups in total. The van der Waals surface area contributed by atoms with Crippen LogP contribution in [-0.4, -0.2) is 17.1 Å². The van der Waals surface area contributed by atoms with Gasteiger partial charge in [-0.2, -0.15) is 5.26 Å². The zero-order valence-electron chi connectivity index (χ0n) is 12.9. The van der Waals surface area contributed by atoms with E-state index in [1.54, 1.807) is 42.2 Å². The molecule has 6 heteroatoms. The number of ether oxygens (including phenoxy) is 1. The summed E-state index contributed by atoms with van der Waals surface area (Å²) in [7, 11) is 0. The van der Waals surface area contributed by atoms with E-state index in [1.165, 1.54) is 0 Å². The fourth-order valence-electron chi connectivity index (χ4n) is 2.15. The number of nitrogens with zero attached hydrogens (tertiary/aromatic N) is 2. The molecule has 3 aromatic rings. The Kier molecular flexibility index (Phi) is 5.14. The van der Waals surface area contributed by atoms with Crippen LogP contribution in [0.3, 0.4) is 0 Å². The average molecular weight is 354 g/mol. The summed E-state index contributed by atoms with van der Waals surface area (Å²) < 4.78 is 7.22. The smallest absolute Gasteiger partial charge is 0.339 e. The first-order chi connectivity index (χ1) is 11.7. The SMILES string of the molecule is C[C@@H](C#N)OC(=O)c1ccccc1CSc1nc2ccccc2s1. The van der Waals surface area contributed by atoms with Gasteiger partial charge in [-0.25, -0.2) is 9.78 Å². The van der Waals surface area contributed by atoms with Gasteiger partial charge in [0.2, 0.25) is 0 Å². The number of thiazole rings is 1. The monoisotopic (exact) mass is 354 g/mol. The molecule has 0 bridgehead atoms. The van der Waals surface area contributed by atoms with Crippen LogP contribution in [0.5, 0.6) is 0 Å². The highest BCUT2D eigenvalue weighted by Crippen LogP contribution is 2.32. The maximum absolute atomic E-state index is 12.2. The Morgan fingerprint density at radius 2 is 2.04 bits per heavy atom. The van der Waals surface area contributed by atoms with Gasteiger partial charge in [0, 0.05) is 5.75 Å². The molecule has 0 saturated heterocycles. The number of hydrogen-bond acceptors (Lipinski definition) is 6. The maximum Gasteiger partial charge on any atom is 0.339 e. The molecule has 1 aromatic heterocycles. The number of thioether (sulfide) groups is 1. The molecule has 0 saturated carbocycles. The van der Waals surface area contributed by atoms with Gasteiger partial charge in [0.25, 0.3) is 0 Å². The molecule has 0 aliphatic carbocycles. The molecule has 0 amide bonds. The number of para-hydroxylation sites is 1. The number of esters is 1. The van der Waals surface area contributed by atoms with Crippen LogP contribution in [0.15, 0.2) is 52.9 Å². The second-order valence-electron chi connectivity index (χ2n) is 5.07. The van der Waals surface area contributed by atoms with E-state index in [4.69, 9.17) is 10.00 Å². The van der Waals surface area contributed by atoms with E-state index in [2.05, 4.69) is 4.98 Å².